The Hall–Kier alpha value is -5.54. The van der Waals surface area contributed by atoms with Crippen LogP contribution in [0.2, 0.25) is 0 Å². The number of fused-ring (bicyclic) bond motifs is 2. The van der Waals surface area contributed by atoms with Gasteiger partial charge in [0.1, 0.15) is 12.1 Å². The Labute approximate surface area is 414 Å². The fraction of sp³-hybridized carbons (Fsp3) is 0.536. The third-order valence-electron chi connectivity index (χ3n) is 14.9. The van der Waals surface area contributed by atoms with Crippen LogP contribution in [-0.2, 0) is 45.1 Å². The molecule has 378 valence electrons. The summed E-state index contributed by atoms with van der Waals surface area (Å²) in [5.41, 5.74) is 7.11. The first kappa shape index (κ1) is 52.3. The van der Waals surface area contributed by atoms with E-state index in [-0.39, 0.29) is 48.9 Å². The second-order valence-electron chi connectivity index (χ2n) is 21.7. The fourth-order valence-electron chi connectivity index (χ4n) is 10.8. The predicted molar refractivity (Wildman–Crippen MR) is 279 cm³/mol. The molecule has 70 heavy (non-hydrogen) atoms. The normalized spacial score (nSPS) is 18.3. The molecule has 2 saturated heterocycles. The summed E-state index contributed by atoms with van der Waals surface area (Å²) in [5.74, 6) is -0.572. The van der Waals surface area contributed by atoms with E-state index in [0.29, 0.717) is 39.0 Å². The Balaban J connectivity index is 1.27. The van der Waals surface area contributed by atoms with Gasteiger partial charge in [0.2, 0.25) is 23.6 Å². The van der Waals surface area contributed by atoms with Crippen molar-refractivity contribution in [3.63, 3.8) is 0 Å². The van der Waals surface area contributed by atoms with Gasteiger partial charge in [0.15, 0.2) is 0 Å². The first-order valence-corrected chi connectivity index (χ1v) is 25.4. The first-order valence-electron chi connectivity index (χ1n) is 25.4. The van der Waals surface area contributed by atoms with Crippen LogP contribution < -0.4 is 21.3 Å². The molecule has 0 aliphatic carbocycles. The van der Waals surface area contributed by atoms with Gasteiger partial charge in [-0.3, -0.25) is 19.2 Å². The molecule has 6 atom stereocenters. The van der Waals surface area contributed by atoms with E-state index in [1.54, 1.807) is 27.9 Å². The second-order valence-corrected chi connectivity index (χ2v) is 21.7. The highest BCUT2D eigenvalue weighted by molar-refractivity contribution is 5.95. The highest BCUT2D eigenvalue weighted by Gasteiger charge is 2.42. The first-order chi connectivity index (χ1) is 33.3. The van der Waals surface area contributed by atoms with E-state index in [2.05, 4.69) is 78.9 Å². The van der Waals surface area contributed by atoms with Crippen molar-refractivity contribution in [3.05, 3.63) is 83.9 Å². The molecule has 2 unspecified atom stereocenters. The minimum atomic E-state index is -0.706. The summed E-state index contributed by atoms with van der Waals surface area (Å²) in [6.07, 6.45) is 4.55. The average Bonchev–Trinajstić information content (AvgIpc) is 4.14. The number of aliphatic hydroxyl groups is 2. The lowest BCUT2D eigenvalue weighted by Gasteiger charge is -2.36. The predicted octanol–water partition coefficient (Wildman–Crippen LogP) is 6.26. The third-order valence-corrected chi connectivity index (χ3v) is 14.9. The highest BCUT2D eigenvalue weighted by Crippen LogP contribution is 2.41. The molecule has 0 spiro atoms. The highest BCUT2D eigenvalue weighted by atomic mass is 16.3. The van der Waals surface area contributed by atoms with Gasteiger partial charge in [-0.1, -0.05) is 102 Å². The summed E-state index contributed by atoms with van der Waals surface area (Å²) >= 11 is 0. The summed E-state index contributed by atoms with van der Waals surface area (Å²) in [4.78, 5) is 59.5. The Morgan fingerprint density at radius 3 is 1.27 bits per heavy atom. The van der Waals surface area contributed by atoms with E-state index >= 15 is 0 Å². The van der Waals surface area contributed by atoms with E-state index < -0.39 is 35.0 Å². The number of aliphatic hydroxyl groups excluding tert-OH is 2. The van der Waals surface area contributed by atoms with E-state index in [0.717, 1.165) is 81.1 Å². The maximum Gasteiger partial charge on any atom is 0.245 e. The molecule has 0 bridgehead atoms. The van der Waals surface area contributed by atoms with Crippen LogP contribution in [0.5, 0.6) is 0 Å². The zero-order valence-corrected chi connectivity index (χ0v) is 43.2. The number of carbonyl (C=O) groups excluding carboxylic acids is 4. The van der Waals surface area contributed by atoms with Crippen LogP contribution in [0.4, 0.5) is 0 Å². The van der Waals surface area contributed by atoms with Crippen LogP contribution in [0.15, 0.2) is 72.8 Å². The van der Waals surface area contributed by atoms with Crippen molar-refractivity contribution in [2.24, 2.45) is 10.8 Å². The number of amides is 4. The van der Waals surface area contributed by atoms with Crippen molar-refractivity contribution < 1.29 is 29.4 Å². The SMILES string of the molecule is CN[C@@H](C)C(=O)NC(C(=O)N1CCC[C@H]1Cc1c(-c2ccc(-c3c(C[C@@H]4CCCN4C(=O)C(NC(=O)[C@H](C)NC)C(C)(C)C)c4ccccc4n3CCO)cc2)n(CCO)c2ccccc12)C(C)(C)C. The van der Waals surface area contributed by atoms with Crippen molar-refractivity contribution >= 4 is 45.4 Å². The maximum absolute atomic E-state index is 14.6. The summed E-state index contributed by atoms with van der Waals surface area (Å²) < 4.78 is 4.40. The largest absolute Gasteiger partial charge is 0.395 e. The van der Waals surface area contributed by atoms with Crippen LogP contribution >= 0.6 is 0 Å². The van der Waals surface area contributed by atoms with Gasteiger partial charge < -0.3 is 50.4 Å². The molecular formula is C56H78N8O6. The lowest BCUT2D eigenvalue weighted by atomic mass is 9.85. The Kier molecular flexibility index (Phi) is 16.3. The Morgan fingerprint density at radius 1 is 0.586 bits per heavy atom. The Bertz CT molecular complexity index is 2470. The van der Waals surface area contributed by atoms with Crippen LogP contribution in [0.25, 0.3) is 44.3 Å². The summed E-state index contributed by atoms with van der Waals surface area (Å²) in [6.45, 7) is 17.4. The van der Waals surface area contributed by atoms with Crippen LogP contribution in [0.1, 0.15) is 92.2 Å². The van der Waals surface area contributed by atoms with Crippen LogP contribution in [-0.4, -0.2) is 129 Å². The van der Waals surface area contributed by atoms with E-state index in [1.165, 1.54) is 0 Å². The molecule has 4 heterocycles. The van der Waals surface area contributed by atoms with Crippen molar-refractivity contribution in [3.8, 4) is 22.5 Å². The molecule has 2 aromatic heterocycles. The van der Waals surface area contributed by atoms with E-state index in [1.807, 2.05) is 75.6 Å². The number of nitrogens with one attached hydrogen (secondary N) is 4. The van der Waals surface area contributed by atoms with Gasteiger partial charge in [-0.05, 0) is 112 Å². The number of hydrogen-bond donors (Lipinski definition) is 6. The average molecular weight is 959 g/mol. The third kappa shape index (κ3) is 10.7. The smallest absolute Gasteiger partial charge is 0.245 e. The van der Waals surface area contributed by atoms with Gasteiger partial charge in [0.25, 0.3) is 0 Å². The molecule has 3 aromatic carbocycles. The standard InChI is InChI=1S/C56H78N8O6/c1-35(57-9)51(67)59-49(55(3,4)5)53(69)61-27-15-17-39(61)33-43-41-19-11-13-21-45(41)63(29-31-65)47(43)37-23-25-38(26-24-37)48-44(42-20-12-14-22-46(42)64(48)30-32-66)34-40-18-16-28-62(40)54(70)50(56(6,7)8)60-52(68)36(2)58-10/h11-14,19-26,35-36,39-40,49-50,57-58,65-66H,15-18,27-34H2,1-10H3,(H,59,67)(H,60,68)/t35-,36-,39-,40-,49?,50?/m0/s1. The number of aromatic nitrogens is 2. The van der Waals surface area contributed by atoms with Crippen molar-refractivity contribution in [1.82, 2.24) is 40.2 Å². The summed E-state index contributed by atoms with van der Waals surface area (Å²) in [6, 6.07) is 22.6. The summed E-state index contributed by atoms with van der Waals surface area (Å²) in [7, 11) is 3.47. The van der Waals surface area contributed by atoms with Crippen molar-refractivity contribution in [2.75, 3.05) is 40.4 Å². The number of nitrogens with zero attached hydrogens (tertiary/aromatic N) is 4. The van der Waals surface area contributed by atoms with Gasteiger partial charge in [0.05, 0.1) is 36.7 Å². The second kappa shape index (κ2) is 21.8. The number of likely N-dealkylation sites (tertiary alicyclic amines) is 2. The van der Waals surface area contributed by atoms with Gasteiger partial charge >= 0.3 is 0 Å². The maximum atomic E-state index is 14.6. The molecule has 7 rings (SSSR count). The molecule has 6 N–H and O–H groups in total. The zero-order valence-electron chi connectivity index (χ0n) is 43.2. The molecule has 5 aromatic rings. The number of carbonyl (C=O) groups is 4. The molecule has 14 heteroatoms. The number of likely N-dealkylation sites (N-methyl/N-ethyl adjacent to an activating group) is 2. The molecule has 2 aliphatic rings. The monoisotopic (exact) mass is 959 g/mol. The number of hydrogen-bond acceptors (Lipinski definition) is 8. The molecule has 2 fully saturated rings. The van der Waals surface area contributed by atoms with Crippen LogP contribution in [0, 0.1) is 10.8 Å². The van der Waals surface area contributed by atoms with Crippen molar-refractivity contribution in [1.29, 1.82) is 0 Å². The molecule has 0 saturated carbocycles. The minimum Gasteiger partial charge on any atom is -0.395 e. The molecular weight excluding hydrogens is 881 g/mol. The number of rotatable bonds is 18. The fourth-order valence-corrected chi connectivity index (χ4v) is 10.8. The van der Waals surface area contributed by atoms with E-state index in [9.17, 15) is 29.4 Å². The Morgan fingerprint density at radius 2 is 0.943 bits per heavy atom. The molecule has 14 nitrogen and oxygen atoms in total. The number of benzene rings is 3. The quantitative estimate of drug-likeness (QED) is 0.0598. The lowest BCUT2D eigenvalue weighted by Crippen LogP contribution is -2.58. The molecule has 2 aliphatic heterocycles. The topological polar surface area (TPSA) is 173 Å². The van der Waals surface area contributed by atoms with Gasteiger partial charge in [0, 0.05) is 60.1 Å². The number of para-hydroxylation sites is 2. The van der Waals surface area contributed by atoms with Crippen molar-refractivity contribution in [2.45, 2.75) is 143 Å². The molecule has 0 radical (unpaired) electrons. The summed E-state index contributed by atoms with van der Waals surface area (Å²) in [5, 5.41) is 35.3. The van der Waals surface area contributed by atoms with E-state index in [4.69, 9.17) is 0 Å². The zero-order chi connectivity index (χ0) is 50.7. The molecule has 4 amide bonds. The van der Waals surface area contributed by atoms with Crippen LogP contribution in [0.3, 0.4) is 0 Å². The lowest BCUT2D eigenvalue weighted by molar-refractivity contribution is -0.140. The van der Waals surface area contributed by atoms with Gasteiger partial charge in [-0.2, -0.15) is 0 Å². The van der Waals surface area contributed by atoms with Gasteiger partial charge in [-0.15, -0.1) is 0 Å². The minimum absolute atomic E-state index is 0.0571. The van der Waals surface area contributed by atoms with Gasteiger partial charge in [-0.25, -0.2) is 0 Å².